The Morgan fingerprint density at radius 1 is 0.938 bits per heavy atom. The Morgan fingerprint density at radius 2 is 1.60 bits per heavy atom. The molecule has 0 spiro atoms. The largest absolute Gasteiger partial charge is 0.476 e. The smallest absolute Gasteiger partial charge is 0.356 e. The van der Waals surface area contributed by atoms with Crippen LogP contribution in [-0.4, -0.2) is 51.8 Å². The molecule has 0 bridgehead atoms. The third-order valence-electron chi connectivity index (χ3n) is 8.56. The van der Waals surface area contributed by atoms with Crippen molar-refractivity contribution < 1.29 is 29.0 Å². The Balaban J connectivity index is 1.46. The molecule has 2 heterocycles. The number of carboxylic acids is 1. The average molecular weight is 700 g/mol. The zero-order chi connectivity index (χ0) is 34.6. The number of carbonyl (C=O) groups excluding carboxylic acids is 3. The Bertz CT molecular complexity index is 1610. The number of unbranched alkanes of at least 4 members (excludes halogenated alkanes) is 9. The molecule has 1 atom stereocenters. The Kier molecular flexibility index (Phi) is 13.9. The third-order valence-corrected chi connectivity index (χ3v) is 9.18. The second-order valence-corrected chi connectivity index (χ2v) is 12.8. The lowest BCUT2D eigenvalue weighted by Gasteiger charge is -2.24. The van der Waals surface area contributed by atoms with E-state index in [0.717, 1.165) is 35.9 Å². The number of halogens is 2. The minimum Gasteiger partial charge on any atom is -0.476 e. The van der Waals surface area contributed by atoms with Crippen LogP contribution in [0, 0.1) is 0 Å². The molecule has 0 aliphatic carbocycles. The molecule has 1 aliphatic rings. The number of aromatic carboxylic acids is 1. The molecule has 2 aromatic carbocycles. The van der Waals surface area contributed by atoms with E-state index in [-0.39, 0.29) is 33.6 Å². The highest BCUT2D eigenvalue weighted by molar-refractivity contribution is 6.38. The maximum Gasteiger partial charge on any atom is 0.356 e. The van der Waals surface area contributed by atoms with Crippen LogP contribution in [0.25, 0.3) is 0 Å². The van der Waals surface area contributed by atoms with Gasteiger partial charge in [-0.15, -0.1) is 0 Å². The van der Waals surface area contributed by atoms with Crippen molar-refractivity contribution in [3.63, 3.8) is 0 Å². The Hall–Kier alpha value is -3.89. The van der Waals surface area contributed by atoms with Gasteiger partial charge >= 0.3 is 11.9 Å². The van der Waals surface area contributed by atoms with Crippen LogP contribution in [0.15, 0.2) is 42.6 Å². The fourth-order valence-corrected chi connectivity index (χ4v) is 6.40. The minimum absolute atomic E-state index is 0.0142. The van der Waals surface area contributed by atoms with E-state index in [9.17, 15) is 24.3 Å². The van der Waals surface area contributed by atoms with Gasteiger partial charge in [-0.05, 0) is 43.0 Å². The summed E-state index contributed by atoms with van der Waals surface area (Å²) in [6.07, 6.45) is 13.8. The predicted molar refractivity (Wildman–Crippen MR) is 187 cm³/mol. The predicted octanol–water partition coefficient (Wildman–Crippen LogP) is 8.30. The number of aromatic nitrogens is 2. The van der Waals surface area contributed by atoms with Gasteiger partial charge in [0.25, 0.3) is 11.8 Å². The van der Waals surface area contributed by atoms with Crippen molar-refractivity contribution in [2.24, 2.45) is 0 Å². The molecule has 1 unspecified atom stereocenters. The van der Waals surface area contributed by atoms with Gasteiger partial charge in [0.2, 0.25) is 6.04 Å². The number of hydrogen-bond acceptors (Lipinski definition) is 6. The van der Waals surface area contributed by atoms with E-state index in [1.54, 1.807) is 19.1 Å². The molecule has 1 aliphatic heterocycles. The quantitative estimate of drug-likeness (QED) is 0.0776. The number of hydrogen-bond donors (Lipinski definition) is 2. The summed E-state index contributed by atoms with van der Waals surface area (Å²) in [6, 6.07) is 8.45. The summed E-state index contributed by atoms with van der Waals surface area (Å²) in [4.78, 5) is 54.3. The molecule has 2 amide bonds. The maximum absolute atomic E-state index is 14.0. The SMILES string of the molecule is CCCCCCCCCCCCOC(=O)c1cc(NC(=O)C(C(=O)N2CCc3ccccc32)n2cc(CC)c(C(=O)O)n2)c(Cl)cc1Cl. The number of ether oxygens (including phenoxy) is 1. The molecule has 48 heavy (non-hydrogen) atoms. The standard InChI is InChI=1S/C36H44Cl2N4O6/c1-3-5-6-7-8-9-10-11-12-15-20-48-36(47)26-21-29(28(38)22-27(26)37)39-33(43)32(42-23-24(4-2)31(40-42)35(45)46)34(44)41-19-18-25-16-13-14-17-30(25)41/h13-14,16-17,21-23,32H,3-12,15,18-20H2,1-2H3,(H,39,43)(H,45,46). The first-order chi connectivity index (χ1) is 23.2. The van der Waals surface area contributed by atoms with Crippen LogP contribution in [0.4, 0.5) is 11.4 Å². The van der Waals surface area contributed by atoms with Gasteiger partial charge in [-0.3, -0.25) is 9.59 Å². The summed E-state index contributed by atoms with van der Waals surface area (Å²) in [5, 5.41) is 16.6. The van der Waals surface area contributed by atoms with Gasteiger partial charge in [0.1, 0.15) is 0 Å². The molecule has 12 heteroatoms. The number of anilines is 2. The van der Waals surface area contributed by atoms with Gasteiger partial charge in [-0.25, -0.2) is 14.3 Å². The van der Waals surface area contributed by atoms with E-state index in [1.807, 2.05) is 12.1 Å². The number of amides is 2. The van der Waals surface area contributed by atoms with Gasteiger partial charge in [-0.1, -0.05) is 113 Å². The molecular weight excluding hydrogens is 655 g/mol. The zero-order valence-corrected chi connectivity index (χ0v) is 29.1. The lowest BCUT2D eigenvalue weighted by molar-refractivity contribution is -0.130. The second kappa shape index (κ2) is 18.0. The lowest BCUT2D eigenvalue weighted by Crippen LogP contribution is -2.42. The maximum atomic E-state index is 14.0. The van der Waals surface area contributed by atoms with Crippen molar-refractivity contribution in [3.05, 3.63) is 75.0 Å². The van der Waals surface area contributed by atoms with Crippen LogP contribution in [0.3, 0.4) is 0 Å². The van der Waals surface area contributed by atoms with E-state index < -0.39 is 29.8 Å². The molecule has 10 nitrogen and oxygen atoms in total. The molecule has 0 saturated heterocycles. The van der Waals surface area contributed by atoms with Gasteiger partial charge < -0.3 is 20.1 Å². The molecule has 0 radical (unpaired) electrons. The number of nitrogens with zero attached hydrogens (tertiary/aromatic N) is 3. The average Bonchev–Trinajstić information content (AvgIpc) is 3.70. The van der Waals surface area contributed by atoms with Gasteiger partial charge in [0.05, 0.1) is 27.9 Å². The number of carbonyl (C=O) groups is 4. The first-order valence-corrected chi connectivity index (χ1v) is 17.6. The highest BCUT2D eigenvalue weighted by Crippen LogP contribution is 2.33. The summed E-state index contributed by atoms with van der Waals surface area (Å²) in [5.74, 6) is -3.35. The third kappa shape index (κ3) is 9.38. The summed E-state index contributed by atoms with van der Waals surface area (Å²) in [5.41, 5.74) is 1.79. The molecule has 258 valence electrons. The molecular formula is C36H44Cl2N4O6. The van der Waals surface area contributed by atoms with Crippen molar-refractivity contribution in [1.29, 1.82) is 0 Å². The fraction of sp³-hybridized carbons (Fsp3) is 0.472. The molecule has 3 aromatic rings. The van der Waals surface area contributed by atoms with Crippen LogP contribution >= 0.6 is 23.2 Å². The highest BCUT2D eigenvalue weighted by Gasteiger charge is 2.38. The summed E-state index contributed by atoms with van der Waals surface area (Å²) in [6.45, 7) is 4.54. The normalized spacial score (nSPS) is 12.9. The number of carboxylic acid groups (broad SMARTS) is 1. The van der Waals surface area contributed by atoms with Crippen molar-refractivity contribution in [1.82, 2.24) is 9.78 Å². The fourth-order valence-electron chi connectivity index (χ4n) is 5.90. The monoisotopic (exact) mass is 698 g/mol. The van der Waals surface area contributed by atoms with Crippen LogP contribution in [0.5, 0.6) is 0 Å². The van der Waals surface area contributed by atoms with Crippen molar-refractivity contribution in [2.75, 3.05) is 23.4 Å². The number of fused-ring (bicyclic) bond motifs is 1. The number of rotatable bonds is 18. The van der Waals surface area contributed by atoms with Crippen LogP contribution in [-0.2, 0) is 27.2 Å². The molecule has 1 aromatic heterocycles. The van der Waals surface area contributed by atoms with E-state index in [1.165, 1.54) is 61.8 Å². The summed E-state index contributed by atoms with van der Waals surface area (Å²) >= 11 is 12.8. The first-order valence-electron chi connectivity index (χ1n) is 16.8. The molecule has 0 fully saturated rings. The van der Waals surface area contributed by atoms with E-state index in [4.69, 9.17) is 27.9 Å². The van der Waals surface area contributed by atoms with E-state index >= 15 is 0 Å². The number of aryl methyl sites for hydroxylation is 1. The Labute approximate surface area is 291 Å². The van der Waals surface area contributed by atoms with Gasteiger partial charge in [-0.2, -0.15) is 5.10 Å². The number of nitrogens with one attached hydrogen (secondary N) is 1. The molecule has 2 N–H and O–H groups in total. The number of para-hydroxylation sites is 1. The van der Waals surface area contributed by atoms with Crippen molar-refractivity contribution in [3.8, 4) is 0 Å². The molecule has 0 saturated carbocycles. The first kappa shape index (κ1) is 36.9. The van der Waals surface area contributed by atoms with Crippen molar-refractivity contribution >= 4 is 58.3 Å². The summed E-state index contributed by atoms with van der Waals surface area (Å²) < 4.78 is 6.55. The van der Waals surface area contributed by atoms with Gasteiger partial charge in [0.15, 0.2) is 5.69 Å². The lowest BCUT2D eigenvalue weighted by atomic mass is 10.1. The van der Waals surface area contributed by atoms with Crippen LogP contribution in [0.1, 0.15) is 116 Å². The second-order valence-electron chi connectivity index (χ2n) is 12.0. The van der Waals surface area contributed by atoms with E-state index in [0.29, 0.717) is 30.6 Å². The minimum atomic E-state index is -1.58. The van der Waals surface area contributed by atoms with Crippen LogP contribution in [0.2, 0.25) is 10.0 Å². The summed E-state index contributed by atoms with van der Waals surface area (Å²) in [7, 11) is 0. The van der Waals surface area contributed by atoms with E-state index in [2.05, 4.69) is 17.3 Å². The zero-order valence-electron chi connectivity index (χ0n) is 27.6. The number of benzene rings is 2. The number of esters is 1. The molecule has 4 rings (SSSR count). The van der Waals surface area contributed by atoms with Crippen LogP contribution < -0.4 is 10.2 Å². The highest BCUT2D eigenvalue weighted by atomic mass is 35.5. The Morgan fingerprint density at radius 3 is 2.25 bits per heavy atom. The van der Waals surface area contributed by atoms with Crippen molar-refractivity contribution in [2.45, 2.75) is 96.9 Å². The topological polar surface area (TPSA) is 131 Å². The van der Waals surface area contributed by atoms with Gasteiger partial charge in [0, 0.05) is 24.0 Å².